The molecule has 0 unspecified atom stereocenters. The smallest absolute Gasteiger partial charge is 0.255 e. The van der Waals surface area contributed by atoms with Gasteiger partial charge in [0.1, 0.15) is 11.6 Å². The number of anilines is 1. The van der Waals surface area contributed by atoms with Gasteiger partial charge in [-0.1, -0.05) is 19.1 Å². The van der Waals surface area contributed by atoms with E-state index in [-0.39, 0.29) is 17.3 Å². The zero-order valence-electron chi connectivity index (χ0n) is 10.5. The van der Waals surface area contributed by atoms with Crippen LogP contribution in [0.15, 0.2) is 42.5 Å². The molecule has 2 aromatic rings. The number of amides is 1. The summed E-state index contributed by atoms with van der Waals surface area (Å²) in [5.74, 6) is -1.23. The Balaban J connectivity index is 2.15. The number of carbonyl (C=O) groups is 1. The van der Waals surface area contributed by atoms with Gasteiger partial charge in [-0.05, 0) is 36.2 Å². The van der Waals surface area contributed by atoms with E-state index in [2.05, 4.69) is 5.32 Å². The normalized spacial score (nSPS) is 10.2. The minimum Gasteiger partial charge on any atom is -0.508 e. The highest BCUT2D eigenvalue weighted by Gasteiger charge is 2.09. The van der Waals surface area contributed by atoms with Crippen LogP contribution in [0.25, 0.3) is 0 Å². The maximum atomic E-state index is 13.5. The molecule has 0 aromatic heterocycles. The molecule has 0 heterocycles. The number of phenolic OH excluding ortho intramolecular Hbond substituents is 1. The number of halogens is 1. The zero-order chi connectivity index (χ0) is 13.8. The summed E-state index contributed by atoms with van der Waals surface area (Å²) in [6.07, 6.45) is 0.897. The van der Waals surface area contributed by atoms with E-state index in [0.29, 0.717) is 5.56 Å². The average molecular weight is 259 g/mol. The summed E-state index contributed by atoms with van der Waals surface area (Å²) >= 11 is 0. The number of hydrogen-bond acceptors (Lipinski definition) is 2. The molecule has 0 aliphatic rings. The molecular formula is C15H14FNO2. The van der Waals surface area contributed by atoms with Gasteiger partial charge in [-0.3, -0.25) is 4.79 Å². The van der Waals surface area contributed by atoms with Crippen molar-refractivity contribution < 1.29 is 14.3 Å². The van der Waals surface area contributed by atoms with Crippen molar-refractivity contribution in [3.8, 4) is 5.75 Å². The fraction of sp³-hybridized carbons (Fsp3) is 0.133. The summed E-state index contributed by atoms with van der Waals surface area (Å²) in [4.78, 5) is 11.9. The second-order valence-electron chi connectivity index (χ2n) is 4.17. The van der Waals surface area contributed by atoms with Crippen LogP contribution in [-0.4, -0.2) is 11.0 Å². The number of rotatable bonds is 3. The van der Waals surface area contributed by atoms with Gasteiger partial charge >= 0.3 is 0 Å². The number of carbonyl (C=O) groups excluding carboxylic acids is 1. The Morgan fingerprint density at radius 2 is 1.89 bits per heavy atom. The largest absolute Gasteiger partial charge is 0.508 e. The highest BCUT2D eigenvalue weighted by atomic mass is 19.1. The SMILES string of the molecule is CCc1ccc(C(=O)Nc2ccc(O)cc2F)cc1. The fourth-order valence-corrected chi connectivity index (χ4v) is 1.69. The van der Waals surface area contributed by atoms with Crippen molar-refractivity contribution >= 4 is 11.6 Å². The van der Waals surface area contributed by atoms with Gasteiger partial charge in [-0.15, -0.1) is 0 Å². The summed E-state index contributed by atoms with van der Waals surface area (Å²) in [7, 11) is 0. The molecule has 0 bridgehead atoms. The third-order valence-electron chi connectivity index (χ3n) is 2.83. The Morgan fingerprint density at radius 1 is 1.21 bits per heavy atom. The van der Waals surface area contributed by atoms with Gasteiger partial charge in [0, 0.05) is 11.6 Å². The minimum atomic E-state index is -0.668. The van der Waals surface area contributed by atoms with E-state index < -0.39 is 5.82 Å². The van der Waals surface area contributed by atoms with E-state index in [1.54, 1.807) is 12.1 Å². The Morgan fingerprint density at radius 3 is 2.47 bits per heavy atom. The molecule has 2 N–H and O–H groups in total. The van der Waals surface area contributed by atoms with Crippen molar-refractivity contribution in [3.63, 3.8) is 0 Å². The van der Waals surface area contributed by atoms with E-state index in [4.69, 9.17) is 5.11 Å². The summed E-state index contributed by atoms with van der Waals surface area (Å²) in [5.41, 5.74) is 1.64. The van der Waals surface area contributed by atoms with Crippen molar-refractivity contribution in [1.82, 2.24) is 0 Å². The van der Waals surface area contributed by atoms with Gasteiger partial charge in [0.15, 0.2) is 0 Å². The van der Waals surface area contributed by atoms with Crippen LogP contribution in [0.2, 0.25) is 0 Å². The molecule has 0 atom stereocenters. The van der Waals surface area contributed by atoms with Crippen LogP contribution < -0.4 is 5.32 Å². The van der Waals surface area contributed by atoms with Crippen LogP contribution in [0.1, 0.15) is 22.8 Å². The Kier molecular flexibility index (Phi) is 3.80. The third kappa shape index (κ3) is 3.10. The van der Waals surface area contributed by atoms with Crippen molar-refractivity contribution in [3.05, 3.63) is 59.4 Å². The van der Waals surface area contributed by atoms with E-state index in [1.165, 1.54) is 12.1 Å². The monoisotopic (exact) mass is 259 g/mol. The molecule has 0 radical (unpaired) electrons. The highest BCUT2D eigenvalue weighted by molar-refractivity contribution is 6.04. The molecule has 4 heteroatoms. The Hall–Kier alpha value is -2.36. The molecule has 98 valence electrons. The molecule has 3 nitrogen and oxygen atoms in total. The van der Waals surface area contributed by atoms with Crippen molar-refractivity contribution in [2.45, 2.75) is 13.3 Å². The number of aryl methyl sites for hydroxylation is 1. The molecule has 0 saturated heterocycles. The lowest BCUT2D eigenvalue weighted by Crippen LogP contribution is -2.12. The Labute approximate surface area is 110 Å². The number of phenols is 1. The lowest BCUT2D eigenvalue weighted by Gasteiger charge is -2.07. The fourth-order valence-electron chi connectivity index (χ4n) is 1.69. The lowest BCUT2D eigenvalue weighted by molar-refractivity contribution is 0.102. The second kappa shape index (κ2) is 5.52. The zero-order valence-corrected chi connectivity index (χ0v) is 10.5. The highest BCUT2D eigenvalue weighted by Crippen LogP contribution is 2.20. The quantitative estimate of drug-likeness (QED) is 0.830. The molecule has 2 rings (SSSR count). The number of benzene rings is 2. The predicted octanol–water partition coefficient (Wildman–Crippen LogP) is 3.35. The Bertz CT molecular complexity index is 594. The van der Waals surface area contributed by atoms with Gasteiger partial charge in [0.25, 0.3) is 5.91 Å². The summed E-state index contributed by atoms with van der Waals surface area (Å²) < 4.78 is 13.5. The van der Waals surface area contributed by atoms with Gasteiger partial charge in [0.05, 0.1) is 5.69 Å². The summed E-state index contributed by atoms with van der Waals surface area (Å²) in [6, 6.07) is 10.7. The van der Waals surface area contributed by atoms with E-state index in [9.17, 15) is 9.18 Å². The van der Waals surface area contributed by atoms with Crippen LogP contribution >= 0.6 is 0 Å². The van der Waals surface area contributed by atoms with Crippen LogP contribution in [-0.2, 0) is 6.42 Å². The van der Waals surface area contributed by atoms with Crippen molar-refractivity contribution in [1.29, 1.82) is 0 Å². The van der Waals surface area contributed by atoms with Gasteiger partial charge in [-0.2, -0.15) is 0 Å². The second-order valence-corrected chi connectivity index (χ2v) is 4.17. The van der Waals surface area contributed by atoms with Gasteiger partial charge in [0.2, 0.25) is 0 Å². The van der Waals surface area contributed by atoms with Crippen LogP contribution in [0.5, 0.6) is 5.75 Å². The summed E-state index contributed by atoms with van der Waals surface area (Å²) in [5, 5.41) is 11.6. The molecule has 19 heavy (non-hydrogen) atoms. The molecule has 0 aliphatic carbocycles. The van der Waals surface area contributed by atoms with Gasteiger partial charge < -0.3 is 10.4 Å². The van der Waals surface area contributed by atoms with Crippen LogP contribution in [0.4, 0.5) is 10.1 Å². The third-order valence-corrected chi connectivity index (χ3v) is 2.83. The molecule has 0 fully saturated rings. The van der Waals surface area contributed by atoms with E-state index in [0.717, 1.165) is 18.1 Å². The lowest BCUT2D eigenvalue weighted by atomic mass is 10.1. The standard InChI is InChI=1S/C15H14FNO2/c1-2-10-3-5-11(6-4-10)15(19)17-14-8-7-12(18)9-13(14)16/h3-9,18H,2H2,1H3,(H,17,19). The maximum Gasteiger partial charge on any atom is 0.255 e. The van der Waals surface area contributed by atoms with E-state index in [1.807, 2.05) is 19.1 Å². The van der Waals surface area contributed by atoms with Gasteiger partial charge in [-0.25, -0.2) is 4.39 Å². The van der Waals surface area contributed by atoms with Crippen LogP contribution in [0.3, 0.4) is 0 Å². The topological polar surface area (TPSA) is 49.3 Å². The molecule has 0 spiro atoms. The van der Waals surface area contributed by atoms with Crippen molar-refractivity contribution in [2.24, 2.45) is 0 Å². The number of nitrogens with one attached hydrogen (secondary N) is 1. The molecule has 2 aromatic carbocycles. The molecule has 0 aliphatic heterocycles. The van der Waals surface area contributed by atoms with E-state index >= 15 is 0 Å². The molecule has 1 amide bonds. The minimum absolute atomic E-state index is 0.0439. The maximum absolute atomic E-state index is 13.5. The first-order valence-electron chi connectivity index (χ1n) is 5.99. The van der Waals surface area contributed by atoms with Crippen LogP contribution in [0, 0.1) is 5.82 Å². The number of aromatic hydroxyl groups is 1. The first kappa shape index (κ1) is 13.1. The van der Waals surface area contributed by atoms with Crippen molar-refractivity contribution in [2.75, 3.05) is 5.32 Å². The predicted molar refractivity (Wildman–Crippen MR) is 71.8 cm³/mol. The first-order valence-corrected chi connectivity index (χ1v) is 5.99. The first-order chi connectivity index (χ1) is 9.10. The average Bonchev–Trinajstić information content (AvgIpc) is 2.42. The molecular weight excluding hydrogens is 245 g/mol. The molecule has 0 saturated carbocycles. The number of hydrogen-bond donors (Lipinski definition) is 2. The summed E-state index contributed by atoms with van der Waals surface area (Å²) in [6.45, 7) is 2.03.